The summed E-state index contributed by atoms with van der Waals surface area (Å²) in [5, 5.41) is 8.34. The van der Waals surface area contributed by atoms with Crippen molar-refractivity contribution in [2.45, 2.75) is 38.0 Å². The first-order chi connectivity index (χ1) is 9.78. The number of ether oxygens (including phenoxy) is 1. The fraction of sp³-hybridized carbons (Fsp3) is 0.467. The molecule has 0 aliphatic heterocycles. The van der Waals surface area contributed by atoms with Crippen LogP contribution < -0.4 is 10.5 Å². The van der Waals surface area contributed by atoms with Gasteiger partial charge in [0.05, 0.1) is 12.8 Å². The molecule has 5 nitrogen and oxygen atoms in total. The molecule has 0 bridgehead atoms. The van der Waals surface area contributed by atoms with E-state index >= 15 is 0 Å². The van der Waals surface area contributed by atoms with Gasteiger partial charge in [0.15, 0.2) is 0 Å². The Morgan fingerprint density at radius 2 is 2.00 bits per heavy atom. The van der Waals surface area contributed by atoms with Gasteiger partial charge in [0, 0.05) is 11.5 Å². The smallest absolute Gasteiger partial charge is 0.247 e. The maximum absolute atomic E-state index is 5.90. The molecule has 2 aromatic rings. The van der Waals surface area contributed by atoms with E-state index in [1.54, 1.807) is 13.2 Å². The molecule has 0 radical (unpaired) electrons. The summed E-state index contributed by atoms with van der Waals surface area (Å²) in [5.74, 6) is 2.36. The number of aromatic nitrogens is 2. The van der Waals surface area contributed by atoms with E-state index in [2.05, 4.69) is 10.2 Å². The van der Waals surface area contributed by atoms with Crippen LogP contribution in [0.4, 0.5) is 5.69 Å². The molecule has 0 amide bonds. The first kappa shape index (κ1) is 13.0. The third kappa shape index (κ3) is 2.48. The van der Waals surface area contributed by atoms with Crippen molar-refractivity contribution in [3.05, 3.63) is 24.1 Å². The van der Waals surface area contributed by atoms with Gasteiger partial charge in [0.2, 0.25) is 11.8 Å². The monoisotopic (exact) mass is 273 g/mol. The summed E-state index contributed by atoms with van der Waals surface area (Å²) in [5.41, 5.74) is 7.31. The van der Waals surface area contributed by atoms with Crippen molar-refractivity contribution in [1.82, 2.24) is 10.2 Å². The molecule has 1 heterocycles. The van der Waals surface area contributed by atoms with Gasteiger partial charge < -0.3 is 14.9 Å². The summed E-state index contributed by atoms with van der Waals surface area (Å²) in [6, 6.07) is 5.50. The minimum Gasteiger partial charge on any atom is -0.495 e. The number of anilines is 1. The zero-order valence-electron chi connectivity index (χ0n) is 11.6. The van der Waals surface area contributed by atoms with Crippen molar-refractivity contribution in [1.29, 1.82) is 0 Å². The quantitative estimate of drug-likeness (QED) is 0.868. The molecule has 5 heteroatoms. The lowest BCUT2D eigenvalue weighted by atomic mass is 9.89. The van der Waals surface area contributed by atoms with Crippen molar-refractivity contribution < 1.29 is 9.15 Å². The van der Waals surface area contributed by atoms with Gasteiger partial charge in [0.1, 0.15) is 5.75 Å². The van der Waals surface area contributed by atoms with Crippen molar-refractivity contribution in [2.24, 2.45) is 0 Å². The molecule has 0 saturated heterocycles. The average molecular weight is 273 g/mol. The van der Waals surface area contributed by atoms with Gasteiger partial charge in [-0.05, 0) is 31.0 Å². The van der Waals surface area contributed by atoms with Crippen LogP contribution in [-0.4, -0.2) is 17.3 Å². The lowest BCUT2D eigenvalue weighted by Gasteiger charge is -2.17. The number of nitrogens with two attached hydrogens (primary N) is 1. The summed E-state index contributed by atoms with van der Waals surface area (Å²) in [7, 11) is 1.60. The Hall–Kier alpha value is -2.04. The second-order valence-electron chi connectivity index (χ2n) is 5.24. The van der Waals surface area contributed by atoms with Crippen LogP contribution in [0.1, 0.15) is 43.9 Å². The predicted octanol–water partition coefficient (Wildman–Crippen LogP) is 3.38. The van der Waals surface area contributed by atoms with Crippen LogP contribution in [0.15, 0.2) is 22.6 Å². The third-order valence-corrected chi connectivity index (χ3v) is 3.87. The zero-order chi connectivity index (χ0) is 13.9. The van der Waals surface area contributed by atoms with Crippen molar-refractivity contribution in [3.8, 4) is 17.2 Å². The van der Waals surface area contributed by atoms with Gasteiger partial charge in [0.25, 0.3) is 0 Å². The highest BCUT2D eigenvalue weighted by atomic mass is 16.5. The number of rotatable bonds is 3. The molecule has 1 aromatic heterocycles. The van der Waals surface area contributed by atoms with E-state index < -0.39 is 0 Å². The first-order valence-electron chi connectivity index (χ1n) is 7.05. The largest absolute Gasteiger partial charge is 0.495 e. The fourth-order valence-electron chi connectivity index (χ4n) is 2.73. The highest BCUT2D eigenvalue weighted by Gasteiger charge is 2.21. The van der Waals surface area contributed by atoms with Gasteiger partial charge in [-0.1, -0.05) is 19.3 Å². The summed E-state index contributed by atoms with van der Waals surface area (Å²) in [6.45, 7) is 0. The summed E-state index contributed by atoms with van der Waals surface area (Å²) in [4.78, 5) is 0. The number of hydrogen-bond donors (Lipinski definition) is 1. The summed E-state index contributed by atoms with van der Waals surface area (Å²) >= 11 is 0. The molecule has 1 saturated carbocycles. The highest BCUT2D eigenvalue weighted by molar-refractivity contribution is 5.65. The van der Waals surface area contributed by atoms with Crippen LogP contribution in [-0.2, 0) is 0 Å². The lowest BCUT2D eigenvalue weighted by Crippen LogP contribution is -2.04. The molecular weight excluding hydrogens is 254 g/mol. The number of benzene rings is 1. The van der Waals surface area contributed by atoms with Gasteiger partial charge in [-0.15, -0.1) is 10.2 Å². The van der Waals surface area contributed by atoms with E-state index in [-0.39, 0.29) is 0 Å². The Balaban J connectivity index is 1.84. The molecule has 1 aromatic carbocycles. The Labute approximate surface area is 118 Å². The second-order valence-corrected chi connectivity index (χ2v) is 5.24. The van der Waals surface area contributed by atoms with Crippen LogP contribution >= 0.6 is 0 Å². The molecular formula is C15H19N3O2. The molecule has 1 aliphatic carbocycles. The Morgan fingerprint density at radius 3 is 2.70 bits per heavy atom. The van der Waals surface area contributed by atoms with Gasteiger partial charge >= 0.3 is 0 Å². The Morgan fingerprint density at radius 1 is 1.20 bits per heavy atom. The van der Waals surface area contributed by atoms with Crippen molar-refractivity contribution in [2.75, 3.05) is 12.8 Å². The van der Waals surface area contributed by atoms with Gasteiger partial charge in [-0.25, -0.2) is 0 Å². The summed E-state index contributed by atoms with van der Waals surface area (Å²) in [6.07, 6.45) is 6.10. The topological polar surface area (TPSA) is 74.2 Å². The minimum absolute atomic E-state index is 0.417. The molecule has 3 rings (SSSR count). The molecule has 1 aliphatic rings. The van der Waals surface area contributed by atoms with Crippen molar-refractivity contribution in [3.63, 3.8) is 0 Å². The third-order valence-electron chi connectivity index (χ3n) is 3.87. The van der Waals surface area contributed by atoms with Crippen LogP contribution in [0, 0.1) is 0 Å². The molecule has 20 heavy (non-hydrogen) atoms. The van der Waals surface area contributed by atoms with Gasteiger partial charge in [-0.2, -0.15) is 0 Å². The maximum atomic E-state index is 5.90. The van der Waals surface area contributed by atoms with E-state index in [0.717, 1.165) is 24.3 Å². The second kappa shape index (κ2) is 5.53. The molecule has 106 valence electrons. The standard InChI is InChI=1S/C15H19N3O2/c1-19-13-8-7-11(9-12(13)16)15-18-17-14(20-15)10-5-3-2-4-6-10/h7-10H,2-6,16H2,1H3. The molecule has 0 spiro atoms. The summed E-state index contributed by atoms with van der Waals surface area (Å²) < 4.78 is 11.0. The Bertz CT molecular complexity index is 589. The zero-order valence-corrected chi connectivity index (χ0v) is 11.6. The number of nitrogen functional groups attached to an aromatic ring is 1. The number of nitrogens with zero attached hydrogens (tertiary/aromatic N) is 2. The van der Waals surface area contributed by atoms with Crippen molar-refractivity contribution >= 4 is 5.69 Å². The SMILES string of the molecule is COc1ccc(-c2nnc(C3CCCCC3)o2)cc1N. The molecule has 0 unspecified atom stereocenters. The first-order valence-corrected chi connectivity index (χ1v) is 7.05. The molecule has 0 atom stereocenters. The van der Waals surface area contributed by atoms with E-state index in [0.29, 0.717) is 23.2 Å². The predicted molar refractivity (Wildman–Crippen MR) is 76.5 cm³/mol. The lowest BCUT2D eigenvalue weighted by molar-refractivity contribution is 0.367. The van der Waals surface area contributed by atoms with E-state index in [1.165, 1.54) is 19.3 Å². The van der Waals surface area contributed by atoms with E-state index in [4.69, 9.17) is 14.9 Å². The molecule has 2 N–H and O–H groups in total. The molecule has 1 fully saturated rings. The number of hydrogen-bond acceptors (Lipinski definition) is 5. The average Bonchev–Trinajstić information content (AvgIpc) is 2.98. The van der Waals surface area contributed by atoms with E-state index in [9.17, 15) is 0 Å². The normalized spacial score (nSPS) is 16.2. The van der Waals surface area contributed by atoms with Crippen LogP contribution in [0.25, 0.3) is 11.5 Å². The Kier molecular flexibility index (Phi) is 3.58. The minimum atomic E-state index is 0.417. The van der Waals surface area contributed by atoms with Crippen LogP contribution in [0.2, 0.25) is 0 Å². The number of methoxy groups -OCH3 is 1. The highest BCUT2D eigenvalue weighted by Crippen LogP contribution is 2.34. The van der Waals surface area contributed by atoms with Crippen LogP contribution in [0.3, 0.4) is 0 Å². The maximum Gasteiger partial charge on any atom is 0.247 e. The van der Waals surface area contributed by atoms with Gasteiger partial charge in [-0.3, -0.25) is 0 Å². The van der Waals surface area contributed by atoms with Crippen LogP contribution in [0.5, 0.6) is 5.75 Å². The fourth-order valence-corrected chi connectivity index (χ4v) is 2.73. The van der Waals surface area contributed by atoms with E-state index in [1.807, 2.05) is 12.1 Å².